The van der Waals surface area contributed by atoms with E-state index < -0.39 is 21.0 Å². The molecule has 1 N–H and O–H groups in total. The van der Waals surface area contributed by atoms with Gasteiger partial charge >= 0.3 is 0 Å². The predicted octanol–water partition coefficient (Wildman–Crippen LogP) is 0.800. The fourth-order valence-electron chi connectivity index (χ4n) is 2.52. The summed E-state index contributed by atoms with van der Waals surface area (Å²) in [7, 11) is -3.50. The van der Waals surface area contributed by atoms with Gasteiger partial charge in [0.1, 0.15) is 5.25 Å². The van der Waals surface area contributed by atoms with Crippen molar-refractivity contribution in [2.45, 2.75) is 49.4 Å². The van der Waals surface area contributed by atoms with Gasteiger partial charge in [-0.25, -0.2) is 0 Å². The molecule has 0 bridgehead atoms. The van der Waals surface area contributed by atoms with E-state index in [2.05, 4.69) is 4.18 Å². The third-order valence-electron chi connectivity index (χ3n) is 3.29. The first-order chi connectivity index (χ1) is 6.55. The van der Waals surface area contributed by atoms with E-state index in [1.165, 1.54) is 0 Å². The lowest BCUT2D eigenvalue weighted by Crippen LogP contribution is -2.46. The summed E-state index contributed by atoms with van der Waals surface area (Å²) in [6.45, 7) is 0.231. The van der Waals surface area contributed by atoms with Gasteiger partial charge in [-0.3, -0.25) is 4.18 Å². The maximum atomic E-state index is 11.5. The van der Waals surface area contributed by atoms with Gasteiger partial charge in [0.25, 0.3) is 10.1 Å². The zero-order valence-corrected chi connectivity index (χ0v) is 8.92. The van der Waals surface area contributed by atoms with Crippen molar-refractivity contribution in [3.05, 3.63) is 0 Å². The maximum Gasteiger partial charge on any atom is 0.273 e. The van der Waals surface area contributed by atoms with Gasteiger partial charge < -0.3 is 5.11 Å². The highest BCUT2D eigenvalue weighted by atomic mass is 32.2. The molecule has 4 nitrogen and oxygen atoms in total. The Bertz CT molecular complexity index is 303. The Morgan fingerprint density at radius 1 is 1.21 bits per heavy atom. The van der Waals surface area contributed by atoms with Crippen molar-refractivity contribution < 1.29 is 17.7 Å². The van der Waals surface area contributed by atoms with Crippen LogP contribution in [0.1, 0.15) is 38.5 Å². The van der Waals surface area contributed by atoms with E-state index in [0.29, 0.717) is 19.3 Å². The average molecular weight is 220 g/mol. The van der Waals surface area contributed by atoms with Crippen LogP contribution in [-0.4, -0.2) is 31.0 Å². The molecule has 2 fully saturated rings. The molecule has 0 aromatic heterocycles. The molecule has 14 heavy (non-hydrogen) atoms. The van der Waals surface area contributed by atoms with Gasteiger partial charge in [0, 0.05) is 0 Å². The van der Waals surface area contributed by atoms with Crippen molar-refractivity contribution in [3.63, 3.8) is 0 Å². The van der Waals surface area contributed by atoms with E-state index in [1.54, 1.807) is 0 Å². The first kappa shape index (κ1) is 10.4. The van der Waals surface area contributed by atoms with Crippen molar-refractivity contribution >= 4 is 10.1 Å². The first-order valence-electron chi connectivity index (χ1n) is 5.15. The summed E-state index contributed by atoms with van der Waals surface area (Å²) in [5.74, 6) is 0. The lowest BCUT2D eigenvalue weighted by atomic mass is 9.81. The van der Waals surface area contributed by atoms with Crippen LogP contribution in [0, 0.1) is 0 Å². The average Bonchev–Trinajstić information content (AvgIpc) is 2.47. The number of rotatable bonds is 1. The van der Waals surface area contributed by atoms with E-state index in [9.17, 15) is 13.5 Å². The molecule has 82 valence electrons. The molecular weight excluding hydrogens is 204 g/mol. The lowest BCUT2D eigenvalue weighted by molar-refractivity contribution is 0.000497. The number of hydrogen-bond acceptors (Lipinski definition) is 4. The van der Waals surface area contributed by atoms with Gasteiger partial charge in [-0.05, 0) is 19.3 Å². The SMILES string of the molecule is O=S1(=O)OCCC1C1(O)CCCCC1. The van der Waals surface area contributed by atoms with Crippen molar-refractivity contribution in [1.29, 1.82) is 0 Å². The highest BCUT2D eigenvalue weighted by molar-refractivity contribution is 7.87. The molecular formula is C9H16O4S. The molecule has 1 aliphatic heterocycles. The number of hydrogen-bond donors (Lipinski definition) is 1. The Morgan fingerprint density at radius 2 is 1.86 bits per heavy atom. The van der Waals surface area contributed by atoms with Gasteiger partial charge in [-0.15, -0.1) is 0 Å². The molecule has 0 spiro atoms. The quantitative estimate of drug-likeness (QED) is 0.664. The second-order valence-electron chi connectivity index (χ2n) is 4.26. The van der Waals surface area contributed by atoms with Gasteiger partial charge in [-0.1, -0.05) is 19.3 Å². The monoisotopic (exact) mass is 220 g/mol. The van der Waals surface area contributed by atoms with Crippen LogP contribution in [0.5, 0.6) is 0 Å². The minimum absolute atomic E-state index is 0.231. The third kappa shape index (κ3) is 1.68. The van der Waals surface area contributed by atoms with Crippen molar-refractivity contribution in [1.82, 2.24) is 0 Å². The smallest absolute Gasteiger partial charge is 0.273 e. The van der Waals surface area contributed by atoms with Crippen LogP contribution in [-0.2, 0) is 14.3 Å². The van der Waals surface area contributed by atoms with E-state index in [-0.39, 0.29) is 6.61 Å². The van der Waals surface area contributed by atoms with Gasteiger partial charge in [0.15, 0.2) is 0 Å². The van der Waals surface area contributed by atoms with Crippen LogP contribution in [0.3, 0.4) is 0 Å². The molecule has 5 heteroatoms. The molecule has 1 saturated heterocycles. The fraction of sp³-hybridized carbons (Fsp3) is 1.00. The topological polar surface area (TPSA) is 63.6 Å². The minimum Gasteiger partial charge on any atom is -0.388 e. The standard InChI is InChI=1S/C9H16O4S/c10-9(5-2-1-3-6-9)8-4-7-13-14(8,11)12/h8,10H,1-7H2. The Labute approximate surface area is 84.4 Å². The van der Waals surface area contributed by atoms with Crippen LogP contribution < -0.4 is 0 Å². The molecule has 0 amide bonds. The van der Waals surface area contributed by atoms with Crippen molar-refractivity contribution in [3.8, 4) is 0 Å². The van der Waals surface area contributed by atoms with E-state index in [0.717, 1.165) is 19.3 Å². The Morgan fingerprint density at radius 3 is 2.36 bits per heavy atom. The van der Waals surface area contributed by atoms with Gasteiger partial charge in [-0.2, -0.15) is 8.42 Å². The molecule has 1 unspecified atom stereocenters. The summed E-state index contributed by atoms with van der Waals surface area (Å²) in [4.78, 5) is 0. The molecule has 0 aromatic carbocycles. The third-order valence-corrected chi connectivity index (χ3v) is 5.16. The Hall–Kier alpha value is -0.130. The normalized spacial score (nSPS) is 35.6. The summed E-state index contributed by atoms with van der Waals surface area (Å²) >= 11 is 0. The van der Waals surface area contributed by atoms with Crippen molar-refractivity contribution in [2.75, 3.05) is 6.61 Å². The lowest BCUT2D eigenvalue weighted by Gasteiger charge is -2.35. The summed E-state index contributed by atoms with van der Waals surface area (Å²) in [5.41, 5.74) is -1.02. The number of aliphatic hydroxyl groups is 1. The molecule has 1 heterocycles. The molecule has 1 atom stereocenters. The van der Waals surface area contributed by atoms with Crippen LogP contribution >= 0.6 is 0 Å². The van der Waals surface area contributed by atoms with Gasteiger partial charge in [0.05, 0.1) is 12.2 Å². The highest BCUT2D eigenvalue weighted by Gasteiger charge is 2.48. The van der Waals surface area contributed by atoms with E-state index in [4.69, 9.17) is 0 Å². The maximum absolute atomic E-state index is 11.5. The molecule has 0 aromatic rings. The highest BCUT2D eigenvalue weighted by Crippen LogP contribution is 2.38. The van der Waals surface area contributed by atoms with Crippen LogP contribution in [0.4, 0.5) is 0 Å². The zero-order valence-electron chi connectivity index (χ0n) is 8.11. The van der Waals surface area contributed by atoms with Crippen molar-refractivity contribution in [2.24, 2.45) is 0 Å². The Kier molecular flexibility index (Phi) is 2.57. The fourth-order valence-corrected chi connectivity index (χ4v) is 4.17. The predicted molar refractivity (Wildman–Crippen MR) is 51.3 cm³/mol. The Balaban J connectivity index is 2.20. The molecule has 2 rings (SSSR count). The summed E-state index contributed by atoms with van der Waals surface area (Å²) < 4.78 is 27.7. The summed E-state index contributed by atoms with van der Waals surface area (Å²) in [6.07, 6.45) is 4.57. The van der Waals surface area contributed by atoms with E-state index >= 15 is 0 Å². The summed E-state index contributed by atoms with van der Waals surface area (Å²) in [6, 6.07) is 0. The zero-order chi connectivity index (χ0) is 10.2. The van der Waals surface area contributed by atoms with Crippen LogP contribution in [0.25, 0.3) is 0 Å². The van der Waals surface area contributed by atoms with Crippen LogP contribution in [0.2, 0.25) is 0 Å². The van der Waals surface area contributed by atoms with Crippen LogP contribution in [0.15, 0.2) is 0 Å². The molecule has 2 aliphatic rings. The molecule has 1 aliphatic carbocycles. The molecule has 1 saturated carbocycles. The molecule has 0 radical (unpaired) electrons. The largest absolute Gasteiger partial charge is 0.388 e. The second kappa shape index (κ2) is 3.47. The van der Waals surface area contributed by atoms with Gasteiger partial charge in [0.2, 0.25) is 0 Å². The minimum atomic E-state index is -3.50. The first-order valence-corrected chi connectivity index (χ1v) is 6.62. The summed E-state index contributed by atoms with van der Waals surface area (Å²) in [5, 5.41) is 9.56. The second-order valence-corrected chi connectivity index (χ2v) is 6.05. The van der Waals surface area contributed by atoms with E-state index in [1.807, 2.05) is 0 Å².